The van der Waals surface area contributed by atoms with Crippen molar-refractivity contribution in [2.75, 3.05) is 23.7 Å². The van der Waals surface area contributed by atoms with Gasteiger partial charge in [0.2, 0.25) is 21.8 Å². The van der Waals surface area contributed by atoms with E-state index in [-0.39, 0.29) is 43.8 Å². The van der Waals surface area contributed by atoms with Crippen molar-refractivity contribution < 1.29 is 22.7 Å². The Morgan fingerprint density at radius 2 is 1.71 bits per heavy atom. The molecule has 0 aliphatic rings. The first-order valence-corrected chi connectivity index (χ1v) is 15.2. The summed E-state index contributed by atoms with van der Waals surface area (Å²) in [4.78, 5) is 27.8. The van der Waals surface area contributed by atoms with Gasteiger partial charge in [0, 0.05) is 35.6 Å². The van der Waals surface area contributed by atoms with E-state index in [0.717, 1.165) is 12.7 Å². The summed E-state index contributed by atoms with van der Waals surface area (Å²) in [5, 5.41) is 3.78. The fraction of sp³-hybridized carbons (Fsp3) is 0.481. The van der Waals surface area contributed by atoms with Crippen molar-refractivity contribution in [1.29, 1.82) is 0 Å². The van der Waals surface area contributed by atoms with E-state index >= 15 is 0 Å². The molecular weight excluding hydrogens is 549 g/mol. The predicted octanol–water partition coefficient (Wildman–Crippen LogP) is 5.27. The maximum atomic E-state index is 13.4. The number of rotatable bonds is 14. The Morgan fingerprint density at radius 3 is 2.26 bits per heavy atom. The molecular formula is C27H37Cl2N3O5S. The van der Waals surface area contributed by atoms with Crippen LogP contribution < -0.4 is 14.4 Å². The van der Waals surface area contributed by atoms with Crippen molar-refractivity contribution in [3.63, 3.8) is 0 Å². The van der Waals surface area contributed by atoms with Crippen molar-refractivity contribution in [3.8, 4) is 5.75 Å². The lowest BCUT2D eigenvalue weighted by atomic mass is 10.1. The first kappa shape index (κ1) is 31.7. The molecule has 0 spiro atoms. The number of halogens is 2. The number of nitrogens with zero attached hydrogens (tertiary/aromatic N) is 2. The van der Waals surface area contributed by atoms with Crippen LogP contribution in [-0.2, 0) is 26.2 Å². The molecule has 0 unspecified atom stereocenters. The van der Waals surface area contributed by atoms with Crippen LogP contribution in [0.4, 0.5) is 5.69 Å². The highest BCUT2D eigenvalue weighted by Crippen LogP contribution is 2.25. The van der Waals surface area contributed by atoms with E-state index in [0.29, 0.717) is 33.7 Å². The number of benzene rings is 2. The SMILES string of the molecule is CCOc1ccc(N(CCCC(=O)N(Cc2ccc(Cl)cc2Cl)[C@@H](C)C(=O)N[C@@H](C)CC)S(C)(=O)=O)cc1. The lowest BCUT2D eigenvalue weighted by Crippen LogP contribution is -2.49. The maximum absolute atomic E-state index is 13.4. The van der Waals surface area contributed by atoms with Crippen LogP contribution in [0.1, 0.15) is 52.5 Å². The highest BCUT2D eigenvalue weighted by atomic mass is 35.5. The largest absolute Gasteiger partial charge is 0.494 e. The number of carbonyl (C=O) groups is 2. The van der Waals surface area contributed by atoms with Gasteiger partial charge in [0.1, 0.15) is 11.8 Å². The summed E-state index contributed by atoms with van der Waals surface area (Å²) in [7, 11) is -3.59. The molecule has 210 valence electrons. The molecule has 0 bridgehead atoms. The molecule has 0 aliphatic carbocycles. The van der Waals surface area contributed by atoms with E-state index in [9.17, 15) is 18.0 Å². The van der Waals surface area contributed by atoms with Crippen LogP contribution in [-0.4, -0.2) is 56.6 Å². The Hall–Kier alpha value is -2.49. The molecule has 0 saturated heterocycles. The minimum atomic E-state index is -3.59. The van der Waals surface area contributed by atoms with Gasteiger partial charge in [-0.25, -0.2) is 8.42 Å². The summed E-state index contributed by atoms with van der Waals surface area (Å²) >= 11 is 12.4. The average Bonchev–Trinajstić information content (AvgIpc) is 2.85. The van der Waals surface area contributed by atoms with Crippen molar-refractivity contribution in [2.45, 2.75) is 65.6 Å². The first-order chi connectivity index (χ1) is 17.9. The Kier molecular flexibility index (Phi) is 12.2. The highest BCUT2D eigenvalue weighted by Gasteiger charge is 2.28. The second kappa shape index (κ2) is 14.6. The summed E-state index contributed by atoms with van der Waals surface area (Å²) in [6, 6.07) is 10.9. The first-order valence-electron chi connectivity index (χ1n) is 12.6. The molecule has 2 atom stereocenters. The number of amides is 2. The number of nitrogens with one attached hydrogen (secondary N) is 1. The van der Waals surface area contributed by atoms with E-state index < -0.39 is 16.1 Å². The van der Waals surface area contributed by atoms with Gasteiger partial charge in [-0.2, -0.15) is 0 Å². The van der Waals surface area contributed by atoms with E-state index in [1.165, 1.54) is 9.21 Å². The highest BCUT2D eigenvalue weighted by molar-refractivity contribution is 7.92. The number of hydrogen-bond donors (Lipinski definition) is 1. The van der Waals surface area contributed by atoms with Crippen molar-refractivity contribution in [2.24, 2.45) is 0 Å². The molecule has 2 amide bonds. The summed E-state index contributed by atoms with van der Waals surface area (Å²) in [5.41, 5.74) is 1.13. The standard InChI is InChI=1S/C27H37Cl2N3O5S/c1-6-19(3)30-27(34)20(4)31(18-21-10-11-22(28)17-25(21)29)26(33)9-8-16-32(38(5,35)36)23-12-14-24(15-13-23)37-7-2/h10-15,17,19-20H,6-9,16,18H2,1-5H3,(H,30,34)/t19-,20-/m0/s1. The van der Waals surface area contributed by atoms with Crippen LogP contribution in [0.25, 0.3) is 0 Å². The topological polar surface area (TPSA) is 96.0 Å². The van der Waals surface area contributed by atoms with Gasteiger partial charge in [-0.3, -0.25) is 13.9 Å². The molecule has 8 nitrogen and oxygen atoms in total. The molecule has 0 radical (unpaired) electrons. The maximum Gasteiger partial charge on any atom is 0.242 e. The normalized spacial score (nSPS) is 12.9. The van der Waals surface area contributed by atoms with Crippen LogP contribution in [0, 0.1) is 0 Å². The second-order valence-corrected chi connectivity index (χ2v) is 11.9. The Labute approximate surface area is 236 Å². The van der Waals surface area contributed by atoms with Gasteiger partial charge in [-0.1, -0.05) is 36.2 Å². The lowest BCUT2D eigenvalue weighted by Gasteiger charge is -2.30. The molecule has 0 fully saturated rings. The van der Waals surface area contributed by atoms with E-state index in [2.05, 4.69) is 5.32 Å². The van der Waals surface area contributed by atoms with Gasteiger partial charge < -0.3 is 15.0 Å². The van der Waals surface area contributed by atoms with Gasteiger partial charge in [0.15, 0.2) is 0 Å². The van der Waals surface area contributed by atoms with E-state index in [1.807, 2.05) is 20.8 Å². The zero-order chi connectivity index (χ0) is 28.5. The summed E-state index contributed by atoms with van der Waals surface area (Å²) in [6.45, 7) is 8.11. The molecule has 2 aromatic carbocycles. The van der Waals surface area contributed by atoms with Crippen molar-refractivity contribution in [1.82, 2.24) is 10.2 Å². The molecule has 0 heterocycles. The quantitative estimate of drug-likeness (QED) is 0.326. The fourth-order valence-electron chi connectivity index (χ4n) is 3.76. The Balaban J connectivity index is 2.20. The number of ether oxygens (including phenoxy) is 1. The van der Waals surface area contributed by atoms with Crippen LogP contribution in [0.3, 0.4) is 0 Å². The van der Waals surface area contributed by atoms with E-state index in [1.54, 1.807) is 49.4 Å². The summed E-state index contributed by atoms with van der Waals surface area (Å²) in [5.74, 6) is 0.0777. The third-order valence-electron chi connectivity index (χ3n) is 6.11. The average molecular weight is 587 g/mol. The smallest absolute Gasteiger partial charge is 0.242 e. The number of anilines is 1. The van der Waals surface area contributed by atoms with Gasteiger partial charge in [-0.05, 0) is 75.6 Å². The Morgan fingerprint density at radius 1 is 1.05 bits per heavy atom. The number of hydrogen-bond acceptors (Lipinski definition) is 5. The molecule has 2 aromatic rings. The van der Waals surface area contributed by atoms with E-state index in [4.69, 9.17) is 27.9 Å². The van der Waals surface area contributed by atoms with Gasteiger partial charge >= 0.3 is 0 Å². The zero-order valence-corrected chi connectivity index (χ0v) is 24.9. The summed E-state index contributed by atoms with van der Waals surface area (Å²) in [6.07, 6.45) is 2.17. The van der Waals surface area contributed by atoms with Crippen molar-refractivity contribution in [3.05, 3.63) is 58.1 Å². The third-order valence-corrected chi connectivity index (χ3v) is 7.89. The molecule has 0 aromatic heterocycles. The molecule has 2 rings (SSSR count). The van der Waals surface area contributed by atoms with Crippen LogP contribution in [0.2, 0.25) is 10.0 Å². The molecule has 1 N–H and O–H groups in total. The minimum absolute atomic E-state index is 0.0369. The second-order valence-electron chi connectivity index (χ2n) is 9.12. The monoisotopic (exact) mass is 585 g/mol. The number of carbonyl (C=O) groups excluding carboxylic acids is 2. The molecule has 11 heteroatoms. The predicted molar refractivity (Wildman–Crippen MR) is 153 cm³/mol. The van der Waals surface area contributed by atoms with Gasteiger partial charge in [0.25, 0.3) is 0 Å². The minimum Gasteiger partial charge on any atom is -0.494 e. The molecule has 0 saturated carbocycles. The van der Waals surface area contributed by atoms with Crippen LogP contribution >= 0.6 is 23.2 Å². The third kappa shape index (κ3) is 9.36. The molecule has 38 heavy (non-hydrogen) atoms. The lowest BCUT2D eigenvalue weighted by molar-refractivity contribution is -0.140. The van der Waals surface area contributed by atoms with Crippen LogP contribution in [0.15, 0.2) is 42.5 Å². The summed E-state index contributed by atoms with van der Waals surface area (Å²) < 4.78 is 31.7. The fourth-order valence-corrected chi connectivity index (χ4v) is 5.19. The van der Waals surface area contributed by atoms with Crippen LogP contribution in [0.5, 0.6) is 5.75 Å². The Bertz CT molecular complexity index is 1190. The van der Waals surface area contributed by atoms with Crippen molar-refractivity contribution >= 4 is 50.7 Å². The van der Waals surface area contributed by atoms with Gasteiger partial charge in [-0.15, -0.1) is 0 Å². The zero-order valence-electron chi connectivity index (χ0n) is 22.5. The van der Waals surface area contributed by atoms with Gasteiger partial charge in [0.05, 0.1) is 18.6 Å². The number of sulfonamides is 1. The molecule has 0 aliphatic heterocycles.